The number of rotatable bonds is 4. The number of aromatic nitrogens is 4. The molecule has 0 saturated heterocycles. The summed E-state index contributed by atoms with van der Waals surface area (Å²) in [6, 6.07) is 16.3. The van der Waals surface area contributed by atoms with Gasteiger partial charge in [0.2, 0.25) is 5.16 Å². The number of benzene rings is 2. The topological polar surface area (TPSA) is 69.4 Å². The SMILES string of the molecule is COC(=O)CSc1nc2nccc(-c3cccc4ccccc34)n2n1. The molecule has 0 atom stereocenters. The van der Waals surface area contributed by atoms with Crippen LogP contribution in [0.4, 0.5) is 0 Å². The van der Waals surface area contributed by atoms with Crippen LogP contribution in [0.2, 0.25) is 0 Å². The molecule has 124 valence electrons. The molecule has 4 aromatic rings. The van der Waals surface area contributed by atoms with Crippen molar-refractivity contribution in [3.05, 3.63) is 54.7 Å². The number of ether oxygens (including phenoxy) is 1. The summed E-state index contributed by atoms with van der Waals surface area (Å²) >= 11 is 1.23. The second kappa shape index (κ2) is 6.52. The summed E-state index contributed by atoms with van der Waals surface area (Å²) in [7, 11) is 1.36. The molecule has 2 aromatic heterocycles. The van der Waals surface area contributed by atoms with Crippen LogP contribution in [-0.4, -0.2) is 38.4 Å². The number of hydrogen-bond donors (Lipinski definition) is 0. The second-order valence-electron chi connectivity index (χ2n) is 5.33. The fraction of sp³-hybridized carbons (Fsp3) is 0.111. The van der Waals surface area contributed by atoms with Gasteiger partial charge in [0.05, 0.1) is 18.6 Å². The van der Waals surface area contributed by atoms with Crippen molar-refractivity contribution < 1.29 is 9.53 Å². The third kappa shape index (κ3) is 2.94. The largest absolute Gasteiger partial charge is 0.468 e. The fourth-order valence-electron chi connectivity index (χ4n) is 2.67. The van der Waals surface area contributed by atoms with Gasteiger partial charge in [-0.15, -0.1) is 5.10 Å². The summed E-state index contributed by atoms with van der Waals surface area (Å²) in [4.78, 5) is 20.0. The minimum absolute atomic E-state index is 0.164. The van der Waals surface area contributed by atoms with Gasteiger partial charge < -0.3 is 4.74 Å². The first-order valence-corrected chi connectivity index (χ1v) is 8.64. The first-order chi connectivity index (χ1) is 12.3. The van der Waals surface area contributed by atoms with Crippen molar-refractivity contribution in [2.45, 2.75) is 5.16 Å². The standard InChI is InChI=1S/C18H14N4O2S/c1-24-16(23)11-25-18-20-17-19-10-9-15(22(17)21-18)14-8-4-6-12-5-2-3-7-13(12)14/h2-10H,11H2,1H3. The zero-order valence-electron chi connectivity index (χ0n) is 13.4. The molecule has 0 aliphatic carbocycles. The van der Waals surface area contributed by atoms with Crippen LogP contribution in [0.3, 0.4) is 0 Å². The van der Waals surface area contributed by atoms with E-state index in [4.69, 9.17) is 0 Å². The van der Waals surface area contributed by atoms with Gasteiger partial charge in [0.1, 0.15) is 0 Å². The number of carbonyl (C=O) groups excluding carboxylic acids is 1. The van der Waals surface area contributed by atoms with E-state index in [2.05, 4.69) is 44.1 Å². The van der Waals surface area contributed by atoms with Crippen molar-refractivity contribution in [2.24, 2.45) is 0 Å². The van der Waals surface area contributed by atoms with Crippen LogP contribution in [0.25, 0.3) is 27.8 Å². The van der Waals surface area contributed by atoms with Crippen molar-refractivity contribution in [1.29, 1.82) is 0 Å². The van der Waals surface area contributed by atoms with E-state index in [0.717, 1.165) is 22.0 Å². The number of esters is 1. The normalized spacial score (nSPS) is 11.1. The minimum Gasteiger partial charge on any atom is -0.468 e. The third-order valence-corrected chi connectivity index (χ3v) is 4.64. The maximum atomic E-state index is 11.3. The van der Waals surface area contributed by atoms with Gasteiger partial charge >= 0.3 is 5.97 Å². The molecule has 25 heavy (non-hydrogen) atoms. The summed E-state index contributed by atoms with van der Waals surface area (Å²) < 4.78 is 6.36. The number of hydrogen-bond acceptors (Lipinski definition) is 6. The highest BCUT2D eigenvalue weighted by molar-refractivity contribution is 7.99. The van der Waals surface area contributed by atoms with E-state index < -0.39 is 0 Å². The van der Waals surface area contributed by atoms with Gasteiger partial charge in [-0.05, 0) is 16.8 Å². The summed E-state index contributed by atoms with van der Waals surface area (Å²) in [5, 5.41) is 7.29. The molecule has 0 N–H and O–H groups in total. The molecule has 0 unspecified atom stereocenters. The molecule has 2 heterocycles. The highest BCUT2D eigenvalue weighted by Crippen LogP contribution is 2.28. The quantitative estimate of drug-likeness (QED) is 0.416. The van der Waals surface area contributed by atoms with Crippen LogP contribution in [0.1, 0.15) is 0 Å². The molecular weight excluding hydrogens is 336 g/mol. The first-order valence-electron chi connectivity index (χ1n) is 7.66. The van der Waals surface area contributed by atoms with E-state index in [1.54, 1.807) is 10.7 Å². The zero-order valence-corrected chi connectivity index (χ0v) is 14.2. The van der Waals surface area contributed by atoms with Crippen LogP contribution in [0.5, 0.6) is 0 Å². The molecule has 7 heteroatoms. The van der Waals surface area contributed by atoms with Gasteiger partial charge in [-0.3, -0.25) is 4.79 Å². The Balaban J connectivity index is 1.82. The Kier molecular flexibility index (Phi) is 4.07. The van der Waals surface area contributed by atoms with Gasteiger partial charge in [0.25, 0.3) is 5.78 Å². The van der Waals surface area contributed by atoms with E-state index in [0.29, 0.717) is 10.9 Å². The molecule has 0 aliphatic rings. The average molecular weight is 350 g/mol. The molecule has 0 saturated carbocycles. The van der Waals surface area contributed by atoms with Crippen LogP contribution in [0, 0.1) is 0 Å². The van der Waals surface area contributed by atoms with Crippen molar-refractivity contribution in [2.75, 3.05) is 12.9 Å². The fourth-order valence-corrected chi connectivity index (χ4v) is 3.32. The van der Waals surface area contributed by atoms with Gasteiger partial charge in [-0.25, -0.2) is 4.98 Å². The average Bonchev–Trinajstić information content (AvgIpc) is 3.08. The van der Waals surface area contributed by atoms with Crippen LogP contribution in [-0.2, 0) is 9.53 Å². The molecule has 0 amide bonds. The molecule has 4 rings (SSSR count). The van der Waals surface area contributed by atoms with E-state index in [-0.39, 0.29) is 11.7 Å². The van der Waals surface area contributed by atoms with Crippen molar-refractivity contribution >= 4 is 34.3 Å². The maximum absolute atomic E-state index is 11.3. The first kappa shape index (κ1) is 15.6. The summed E-state index contributed by atoms with van der Waals surface area (Å²) in [6.45, 7) is 0. The van der Waals surface area contributed by atoms with Crippen molar-refractivity contribution in [3.8, 4) is 11.3 Å². The van der Waals surface area contributed by atoms with Crippen LogP contribution >= 0.6 is 11.8 Å². The Hall–Kier alpha value is -2.93. The molecule has 0 aliphatic heterocycles. The number of nitrogens with zero attached hydrogens (tertiary/aromatic N) is 4. The predicted molar refractivity (Wildman–Crippen MR) is 96.5 cm³/mol. The molecule has 0 bridgehead atoms. The zero-order chi connectivity index (χ0) is 17.2. The Morgan fingerprint density at radius 1 is 1.16 bits per heavy atom. The van der Waals surface area contributed by atoms with Gasteiger partial charge in [0, 0.05) is 11.8 Å². The Morgan fingerprint density at radius 2 is 2.00 bits per heavy atom. The van der Waals surface area contributed by atoms with Crippen LogP contribution < -0.4 is 0 Å². The lowest BCUT2D eigenvalue weighted by Crippen LogP contribution is -2.03. The number of methoxy groups -OCH3 is 1. The highest BCUT2D eigenvalue weighted by Gasteiger charge is 2.13. The van der Waals surface area contributed by atoms with Gasteiger partial charge in [-0.2, -0.15) is 9.50 Å². The van der Waals surface area contributed by atoms with E-state index in [9.17, 15) is 4.79 Å². The van der Waals surface area contributed by atoms with E-state index in [1.807, 2.05) is 24.3 Å². The number of carbonyl (C=O) groups is 1. The molecular formula is C18H14N4O2S. The van der Waals surface area contributed by atoms with Crippen molar-refractivity contribution in [1.82, 2.24) is 19.6 Å². The monoisotopic (exact) mass is 350 g/mol. The molecule has 0 radical (unpaired) electrons. The Morgan fingerprint density at radius 3 is 2.88 bits per heavy atom. The van der Waals surface area contributed by atoms with Gasteiger partial charge in [0.15, 0.2) is 0 Å². The molecule has 2 aromatic carbocycles. The highest BCUT2D eigenvalue weighted by atomic mass is 32.2. The van der Waals surface area contributed by atoms with Gasteiger partial charge in [-0.1, -0.05) is 54.2 Å². The summed E-state index contributed by atoms with van der Waals surface area (Å²) in [6.07, 6.45) is 1.72. The molecule has 6 nitrogen and oxygen atoms in total. The maximum Gasteiger partial charge on any atom is 0.316 e. The predicted octanol–water partition coefficient (Wildman–Crippen LogP) is 3.21. The number of thioether (sulfide) groups is 1. The Labute approximate surface area is 147 Å². The third-order valence-electron chi connectivity index (χ3n) is 3.83. The lowest BCUT2D eigenvalue weighted by molar-refractivity contribution is -0.137. The minimum atomic E-state index is -0.314. The van der Waals surface area contributed by atoms with E-state index in [1.165, 1.54) is 18.9 Å². The smallest absolute Gasteiger partial charge is 0.316 e. The summed E-state index contributed by atoms with van der Waals surface area (Å²) in [5.74, 6) is 0.348. The van der Waals surface area contributed by atoms with E-state index >= 15 is 0 Å². The van der Waals surface area contributed by atoms with Crippen LogP contribution in [0.15, 0.2) is 59.9 Å². The molecule has 0 spiro atoms. The Bertz CT molecular complexity index is 1070. The molecule has 0 fully saturated rings. The number of fused-ring (bicyclic) bond motifs is 2. The lowest BCUT2D eigenvalue weighted by Gasteiger charge is -2.07. The summed E-state index contributed by atoms with van der Waals surface area (Å²) in [5.41, 5.74) is 1.96. The lowest BCUT2D eigenvalue weighted by atomic mass is 10.0. The van der Waals surface area contributed by atoms with Crippen molar-refractivity contribution in [3.63, 3.8) is 0 Å². The second-order valence-corrected chi connectivity index (χ2v) is 6.27.